The Bertz CT molecular complexity index is 841. The summed E-state index contributed by atoms with van der Waals surface area (Å²) in [5.41, 5.74) is 3.09. The number of hydrogen-bond donors (Lipinski definition) is 0. The highest BCUT2D eigenvalue weighted by atomic mass is 15.3. The molecule has 0 unspecified atom stereocenters. The minimum Gasteiger partial charge on any atom is -0.275 e. The molecule has 0 aliphatic heterocycles. The second-order valence-electron chi connectivity index (χ2n) is 5.17. The predicted octanol–water partition coefficient (Wildman–Crippen LogP) is 4.40. The quantitative estimate of drug-likeness (QED) is 0.561. The molecule has 4 aromatic rings. The summed E-state index contributed by atoms with van der Waals surface area (Å²) in [7, 11) is 0. The van der Waals surface area contributed by atoms with Gasteiger partial charge in [0, 0.05) is 16.8 Å². The molecule has 0 aliphatic rings. The average molecular weight is 296 g/mol. The number of nitrogens with zero attached hydrogens (tertiary/aromatic N) is 3. The van der Waals surface area contributed by atoms with E-state index >= 15 is 0 Å². The molecule has 109 valence electrons. The van der Waals surface area contributed by atoms with Gasteiger partial charge in [-0.2, -0.15) is 0 Å². The fraction of sp³-hybridized carbons (Fsp3) is 0. The average Bonchev–Trinajstić information content (AvgIpc) is 3.09. The largest absolute Gasteiger partial charge is 0.275 e. The van der Waals surface area contributed by atoms with Crippen molar-refractivity contribution in [1.29, 1.82) is 0 Å². The summed E-state index contributed by atoms with van der Waals surface area (Å²) in [4.78, 5) is 0. The Morgan fingerprint density at radius 1 is 0.609 bits per heavy atom. The summed E-state index contributed by atoms with van der Waals surface area (Å²) in [6, 6.07) is 31.1. The van der Waals surface area contributed by atoms with E-state index in [0.717, 1.165) is 28.5 Å². The molecule has 23 heavy (non-hydrogen) atoms. The lowest BCUT2D eigenvalue weighted by Gasteiger charge is -2.10. The topological polar surface area (TPSA) is 30.7 Å². The van der Waals surface area contributed by atoms with Crippen LogP contribution in [0.3, 0.4) is 0 Å². The van der Waals surface area contributed by atoms with Crippen LogP contribution in [0.2, 0.25) is 0 Å². The molecular weight excluding hydrogens is 282 g/mol. The lowest BCUT2D eigenvalue weighted by Crippen LogP contribution is -2.00. The van der Waals surface area contributed by atoms with Gasteiger partial charge >= 0.3 is 0 Å². The number of aromatic nitrogens is 3. The van der Waals surface area contributed by atoms with Crippen molar-refractivity contribution < 1.29 is 0 Å². The van der Waals surface area contributed by atoms with Gasteiger partial charge in [-0.25, -0.2) is 0 Å². The van der Waals surface area contributed by atoms with Gasteiger partial charge in [-0.15, -0.1) is 10.2 Å². The van der Waals surface area contributed by atoms with Crippen LogP contribution in [-0.2, 0) is 0 Å². The smallest absolute Gasteiger partial charge is 0.168 e. The van der Waals surface area contributed by atoms with Crippen LogP contribution < -0.4 is 0 Å². The summed E-state index contributed by atoms with van der Waals surface area (Å²) < 4.78 is 2.08. The molecule has 0 spiro atoms. The highest BCUT2D eigenvalue weighted by Crippen LogP contribution is 2.27. The van der Waals surface area contributed by atoms with Crippen LogP contribution in [0.1, 0.15) is 0 Å². The van der Waals surface area contributed by atoms with Crippen LogP contribution >= 0.6 is 0 Å². The third-order valence-electron chi connectivity index (χ3n) is 3.69. The first-order valence-corrected chi connectivity index (χ1v) is 7.46. The van der Waals surface area contributed by atoms with Gasteiger partial charge in [0.2, 0.25) is 0 Å². The van der Waals surface area contributed by atoms with E-state index in [1.807, 2.05) is 84.9 Å². The van der Waals surface area contributed by atoms with E-state index in [0.29, 0.717) is 0 Å². The molecule has 0 saturated heterocycles. The molecule has 1 aromatic heterocycles. The molecule has 3 aromatic carbocycles. The Labute approximate surface area is 134 Å². The zero-order valence-corrected chi connectivity index (χ0v) is 12.4. The second kappa shape index (κ2) is 5.89. The van der Waals surface area contributed by atoms with Gasteiger partial charge in [0.25, 0.3) is 0 Å². The maximum atomic E-state index is 4.44. The van der Waals surface area contributed by atoms with Gasteiger partial charge in [0.15, 0.2) is 11.6 Å². The highest BCUT2D eigenvalue weighted by Gasteiger charge is 2.16. The van der Waals surface area contributed by atoms with Gasteiger partial charge in [0.05, 0.1) is 0 Å². The van der Waals surface area contributed by atoms with Gasteiger partial charge in [-0.05, 0) is 18.2 Å². The maximum absolute atomic E-state index is 4.44. The minimum atomic E-state index is 0.829. The van der Waals surface area contributed by atoms with Crippen molar-refractivity contribution in [3.05, 3.63) is 91.0 Å². The molecule has 3 heteroatoms. The lowest BCUT2D eigenvalue weighted by molar-refractivity contribution is 1.07. The third-order valence-corrected chi connectivity index (χ3v) is 3.69. The molecule has 1 heterocycles. The van der Waals surface area contributed by atoms with Crippen molar-refractivity contribution >= 4 is 0 Å². The summed E-state index contributed by atoms with van der Waals surface area (Å²) in [6.07, 6.45) is 0. The summed E-state index contributed by atoms with van der Waals surface area (Å²) in [6.45, 7) is 0. The van der Waals surface area contributed by atoms with Gasteiger partial charge in [-0.3, -0.25) is 4.57 Å². The molecule has 0 amide bonds. The predicted molar refractivity (Wildman–Crippen MR) is 91.1 cm³/mol. The molecular formula is C20H14N3. The van der Waals surface area contributed by atoms with Crippen molar-refractivity contribution in [2.45, 2.75) is 0 Å². The molecule has 4 rings (SSSR count). The Kier molecular flexibility index (Phi) is 3.45. The van der Waals surface area contributed by atoms with E-state index in [4.69, 9.17) is 0 Å². The molecule has 0 saturated carbocycles. The number of benzene rings is 3. The molecule has 0 bridgehead atoms. The SMILES string of the molecule is [c]1ccc(-n2c(-c3ccccc3)nnc2-c2ccccc2)cc1. The zero-order chi connectivity index (χ0) is 15.5. The standard InChI is InChI=1S/C20H14N3/c1-4-10-16(11-5-1)19-21-22-20(17-12-6-2-7-13-17)23(19)18-14-8-3-9-15-18/h1-2,4-15H. The van der Waals surface area contributed by atoms with Crippen LogP contribution in [-0.4, -0.2) is 14.8 Å². The zero-order valence-electron chi connectivity index (χ0n) is 12.4. The van der Waals surface area contributed by atoms with E-state index in [2.05, 4.69) is 20.8 Å². The minimum absolute atomic E-state index is 0.829. The summed E-state index contributed by atoms with van der Waals surface area (Å²) in [5, 5.41) is 8.88. The Hall–Kier alpha value is -3.20. The Morgan fingerprint density at radius 3 is 1.57 bits per heavy atom. The van der Waals surface area contributed by atoms with Crippen molar-refractivity contribution in [3.63, 3.8) is 0 Å². The third kappa shape index (κ3) is 2.53. The van der Waals surface area contributed by atoms with Crippen molar-refractivity contribution in [2.75, 3.05) is 0 Å². The van der Waals surface area contributed by atoms with Gasteiger partial charge in [0.1, 0.15) is 0 Å². The van der Waals surface area contributed by atoms with E-state index < -0.39 is 0 Å². The van der Waals surface area contributed by atoms with E-state index in [1.165, 1.54) is 0 Å². The lowest BCUT2D eigenvalue weighted by atomic mass is 10.1. The first-order valence-electron chi connectivity index (χ1n) is 7.46. The molecule has 0 fully saturated rings. The highest BCUT2D eigenvalue weighted by molar-refractivity contribution is 5.66. The number of rotatable bonds is 3. The molecule has 3 nitrogen and oxygen atoms in total. The molecule has 1 radical (unpaired) electrons. The van der Waals surface area contributed by atoms with Crippen molar-refractivity contribution in [3.8, 4) is 28.5 Å². The summed E-state index contributed by atoms with van der Waals surface area (Å²) in [5.74, 6) is 1.66. The van der Waals surface area contributed by atoms with Crippen LogP contribution in [0.25, 0.3) is 28.5 Å². The van der Waals surface area contributed by atoms with E-state index in [1.54, 1.807) is 0 Å². The van der Waals surface area contributed by atoms with Crippen molar-refractivity contribution in [2.24, 2.45) is 0 Å². The molecule has 0 atom stereocenters. The van der Waals surface area contributed by atoms with Gasteiger partial charge < -0.3 is 0 Å². The maximum Gasteiger partial charge on any atom is 0.168 e. The number of hydrogen-bond acceptors (Lipinski definition) is 2. The second-order valence-corrected chi connectivity index (χ2v) is 5.17. The van der Waals surface area contributed by atoms with Crippen LogP contribution in [0.15, 0.2) is 84.9 Å². The normalized spacial score (nSPS) is 10.6. The van der Waals surface area contributed by atoms with E-state index in [-0.39, 0.29) is 0 Å². The molecule has 0 N–H and O–H groups in total. The Balaban J connectivity index is 1.97. The van der Waals surface area contributed by atoms with Crippen LogP contribution in [0.5, 0.6) is 0 Å². The fourth-order valence-corrected chi connectivity index (χ4v) is 2.60. The fourth-order valence-electron chi connectivity index (χ4n) is 2.60. The van der Waals surface area contributed by atoms with E-state index in [9.17, 15) is 0 Å². The van der Waals surface area contributed by atoms with Gasteiger partial charge in [-0.1, -0.05) is 72.8 Å². The van der Waals surface area contributed by atoms with Crippen molar-refractivity contribution in [1.82, 2.24) is 14.8 Å². The summed E-state index contributed by atoms with van der Waals surface area (Å²) >= 11 is 0. The first kappa shape index (κ1) is 13.5. The Morgan fingerprint density at radius 2 is 1.09 bits per heavy atom. The first-order chi connectivity index (χ1) is 11.4. The monoisotopic (exact) mass is 296 g/mol. The van der Waals surface area contributed by atoms with Crippen LogP contribution in [0.4, 0.5) is 0 Å². The van der Waals surface area contributed by atoms with Crippen LogP contribution in [0, 0.1) is 6.07 Å². The molecule has 0 aliphatic carbocycles.